The number of nitrogens with zero attached hydrogens (tertiary/aromatic N) is 2. The number of benzene rings is 2. The Morgan fingerprint density at radius 2 is 1.62 bits per heavy atom. The number of anilines is 1. The zero-order valence-electron chi connectivity index (χ0n) is 20.4. The molecule has 0 spiro atoms. The molecule has 6 heteroatoms. The summed E-state index contributed by atoms with van der Waals surface area (Å²) in [6, 6.07) is 11.9. The van der Waals surface area contributed by atoms with Gasteiger partial charge in [0.25, 0.3) is 0 Å². The van der Waals surface area contributed by atoms with Crippen LogP contribution < -0.4 is 5.32 Å². The average molecular weight is 462 g/mol. The summed E-state index contributed by atoms with van der Waals surface area (Å²) in [6.45, 7) is 6.83. The number of carbonyl (C=O) groups is 3. The molecular weight excluding hydrogens is 426 g/mol. The van der Waals surface area contributed by atoms with Crippen LogP contribution in [0.25, 0.3) is 0 Å². The monoisotopic (exact) mass is 461 g/mol. The molecule has 0 atom stereocenters. The van der Waals surface area contributed by atoms with E-state index in [-0.39, 0.29) is 30.4 Å². The third-order valence-electron chi connectivity index (χ3n) is 7.21. The second kappa shape index (κ2) is 11.0. The van der Waals surface area contributed by atoms with Gasteiger partial charge in [0.05, 0.1) is 6.54 Å². The second-order valence-corrected chi connectivity index (χ2v) is 9.57. The lowest BCUT2D eigenvalue weighted by molar-refractivity contribution is -0.133. The van der Waals surface area contributed by atoms with Crippen LogP contribution in [-0.4, -0.2) is 60.1 Å². The van der Waals surface area contributed by atoms with Crippen LogP contribution in [-0.2, 0) is 22.4 Å². The van der Waals surface area contributed by atoms with Crippen LogP contribution in [0.1, 0.15) is 58.3 Å². The number of nitrogens with one attached hydrogen (secondary N) is 1. The average Bonchev–Trinajstić information content (AvgIpc) is 2.85. The molecule has 1 heterocycles. The lowest BCUT2D eigenvalue weighted by atomic mass is 9.89. The number of amides is 2. The second-order valence-electron chi connectivity index (χ2n) is 9.57. The van der Waals surface area contributed by atoms with Gasteiger partial charge in [-0.25, -0.2) is 0 Å². The predicted molar refractivity (Wildman–Crippen MR) is 134 cm³/mol. The minimum Gasteiger partial charge on any atom is -0.340 e. The van der Waals surface area contributed by atoms with E-state index in [1.807, 2.05) is 49.1 Å². The van der Waals surface area contributed by atoms with Crippen LogP contribution in [0.4, 0.5) is 5.69 Å². The zero-order chi connectivity index (χ0) is 24.1. The van der Waals surface area contributed by atoms with Gasteiger partial charge in [0.1, 0.15) is 0 Å². The van der Waals surface area contributed by atoms with E-state index in [1.54, 1.807) is 0 Å². The van der Waals surface area contributed by atoms with E-state index in [2.05, 4.69) is 16.3 Å². The highest BCUT2D eigenvalue weighted by Crippen LogP contribution is 2.23. The van der Waals surface area contributed by atoms with E-state index in [9.17, 15) is 14.4 Å². The van der Waals surface area contributed by atoms with Crippen LogP contribution in [0.15, 0.2) is 36.4 Å². The Kier molecular flexibility index (Phi) is 7.78. The van der Waals surface area contributed by atoms with Gasteiger partial charge in [0.2, 0.25) is 11.8 Å². The molecule has 6 nitrogen and oxygen atoms in total. The Hall–Kier alpha value is -2.99. The van der Waals surface area contributed by atoms with Crippen LogP contribution in [0, 0.1) is 13.8 Å². The van der Waals surface area contributed by atoms with Crippen molar-refractivity contribution < 1.29 is 14.4 Å². The molecule has 0 bridgehead atoms. The SMILES string of the molecule is Cc1cccc(NC(=O)CN2CCN(C(=O)CCC(=O)c3ccc4c(c3)CCCC4)CC2)c1C. The molecule has 2 aromatic carbocycles. The molecule has 1 N–H and O–H groups in total. The van der Waals surface area contributed by atoms with Crippen LogP contribution >= 0.6 is 0 Å². The fourth-order valence-corrected chi connectivity index (χ4v) is 4.86. The molecule has 2 aliphatic rings. The Morgan fingerprint density at radius 1 is 0.882 bits per heavy atom. The zero-order valence-corrected chi connectivity index (χ0v) is 20.4. The van der Waals surface area contributed by atoms with Crippen molar-refractivity contribution >= 4 is 23.3 Å². The van der Waals surface area contributed by atoms with Gasteiger partial charge in [-0.3, -0.25) is 19.3 Å². The van der Waals surface area contributed by atoms with Crippen molar-refractivity contribution in [3.63, 3.8) is 0 Å². The maximum absolute atomic E-state index is 12.7. The standard InChI is InChI=1S/C28H35N3O3/c1-20-6-5-9-25(21(20)2)29-27(33)19-30-14-16-31(17-15-30)28(34)13-12-26(32)24-11-10-22-7-3-4-8-23(22)18-24/h5-6,9-11,18H,3-4,7-8,12-17,19H2,1-2H3,(H,29,33). The Morgan fingerprint density at radius 3 is 2.38 bits per heavy atom. The summed E-state index contributed by atoms with van der Waals surface area (Å²) in [5, 5.41) is 3.00. The van der Waals surface area contributed by atoms with E-state index < -0.39 is 0 Å². The number of ketones is 1. The first-order valence-electron chi connectivity index (χ1n) is 12.4. The van der Waals surface area contributed by atoms with E-state index >= 15 is 0 Å². The summed E-state index contributed by atoms with van der Waals surface area (Å²) < 4.78 is 0. The van der Waals surface area contributed by atoms with Gasteiger partial charge < -0.3 is 10.2 Å². The highest BCUT2D eigenvalue weighted by molar-refractivity contribution is 5.98. The van der Waals surface area contributed by atoms with Crippen molar-refractivity contribution in [3.05, 3.63) is 64.2 Å². The lowest BCUT2D eigenvalue weighted by Gasteiger charge is -2.34. The maximum atomic E-state index is 12.7. The van der Waals surface area contributed by atoms with Crippen molar-refractivity contribution in [2.24, 2.45) is 0 Å². The van der Waals surface area contributed by atoms with E-state index in [0.717, 1.165) is 35.2 Å². The largest absolute Gasteiger partial charge is 0.340 e. The van der Waals surface area contributed by atoms with Crippen LogP contribution in [0.3, 0.4) is 0 Å². The highest BCUT2D eigenvalue weighted by atomic mass is 16.2. The Balaban J connectivity index is 1.20. The van der Waals surface area contributed by atoms with Crippen LogP contribution in [0.2, 0.25) is 0 Å². The smallest absolute Gasteiger partial charge is 0.238 e. The van der Waals surface area contributed by atoms with E-state index in [0.29, 0.717) is 32.7 Å². The fraction of sp³-hybridized carbons (Fsp3) is 0.464. The molecule has 34 heavy (non-hydrogen) atoms. The quantitative estimate of drug-likeness (QED) is 0.635. The first kappa shape index (κ1) is 24.1. The summed E-state index contributed by atoms with van der Waals surface area (Å²) in [7, 11) is 0. The highest BCUT2D eigenvalue weighted by Gasteiger charge is 2.23. The summed E-state index contributed by atoms with van der Waals surface area (Å²) in [5.74, 6) is 0.0263. The van der Waals surface area contributed by atoms with E-state index in [1.165, 1.54) is 24.0 Å². The number of rotatable bonds is 7. The molecule has 0 unspecified atom stereocenters. The predicted octanol–water partition coefficient (Wildman–Crippen LogP) is 3.93. The van der Waals surface area contributed by atoms with Gasteiger partial charge in [-0.15, -0.1) is 0 Å². The van der Waals surface area contributed by atoms with Crippen molar-refractivity contribution in [1.82, 2.24) is 9.80 Å². The number of fused-ring (bicyclic) bond motifs is 1. The first-order chi connectivity index (χ1) is 16.4. The third-order valence-corrected chi connectivity index (χ3v) is 7.21. The minimum atomic E-state index is -0.0378. The minimum absolute atomic E-state index is 0.0193. The molecular formula is C28H35N3O3. The van der Waals surface area contributed by atoms with Gasteiger partial charge in [0.15, 0.2) is 5.78 Å². The van der Waals surface area contributed by atoms with Gasteiger partial charge in [-0.1, -0.05) is 24.3 Å². The van der Waals surface area contributed by atoms with Crippen LogP contribution in [0.5, 0.6) is 0 Å². The Labute approximate surface area is 202 Å². The summed E-state index contributed by atoms with van der Waals surface area (Å²) in [6.07, 6.45) is 5.03. The molecule has 180 valence electrons. The molecule has 1 saturated heterocycles. The number of aryl methyl sites for hydroxylation is 3. The number of piperazine rings is 1. The fourth-order valence-electron chi connectivity index (χ4n) is 4.86. The summed E-state index contributed by atoms with van der Waals surface area (Å²) in [4.78, 5) is 41.7. The molecule has 1 aliphatic carbocycles. The number of carbonyl (C=O) groups excluding carboxylic acids is 3. The molecule has 0 saturated carbocycles. The third kappa shape index (κ3) is 5.92. The lowest BCUT2D eigenvalue weighted by Crippen LogP contribution is -2.50. The molecule has 0 radical (unpaired) electrons. The van der Waals surface area contributed by atoms with Crippen molar-refractivity contribution in [2.75, 3.05) is 38.0 Å². The topological polar surface area (TPSA) is 69.7 Å². The van der Waals surface area contributed by atoms with Gasteiger partial charge in [-0.05, 0) is 73.9 Å². The van der Waals surface area contributed by atoms with Crippen molar-refractivity contribution in [1.29, 1.82) is 0 Å². The van der Waals surface area contributed by atoms with Crippen molar-refractivity contribution in [3.8, 4) is 0 Å². The molecule has 1 fully saturated rings. The van der Waals surface area contributed by atoms with Gasteiger partial charge >= 0.3 is 0 Å². The van der Waals surface area contributed by atoms with Crippen molar-refractivity contribution in [2.45, 2.75) is 52.4 Å². The summed E-state index contributed by atoms with van der Waals surface area (Å²) >= 11 is 0. The maximum Gasteiger partial charge on any atom is 0.238 e. The normalized spacial score (nSPS) is 16.1. The molecule has 2 aromatic rings. The number of hydrogen-bond acceptors (Lipinski definition) is 4. The molecule has 1 aliphatic heterocycles. The Bertz CT molecular complexity index is 1070. The number of Topliss-reactive ketones (excluding diaryl/α,β-unsaturated/α-hetero) is 1. The summed E-state index contributed by atoms with van der Waals surface area (Å²) in [5.41, 5.74) is 6.46. The molecule has 0 aromatic heterocycles. The molecule has 4 rings (SSSR count). The first-order valence-corrected chi connectivity index (χ1v) is 12.4. The number of hydrogen-bond donors (Lipinski definition) is 1. The van der Waals surface area contributed by atoms with E-state index in [4.69, 9.17) is 0 Å². The molecule has 2 amide bonds. The van der Waals surface area contributed by atoms with Gasteiger partial charge in [0, 0.05) is 50.3 Å². The van der Waals surface area contributed by atoms with Gasteiger partial charge in [-0.2, -0.15) is 0 Å².